The Labute approximate surface area is 196 Å². The van der Waals surface area contributed by atoms with Crippen molar-refractivity contribution in [1.82, 2.24) is 15.0 Å². The standard InChI is InChI=1S/C23H16N4O5S2/c28-21-15-8-2-1-7-14(15)16(27-34(31,32)19-12-25-23(30)26-22(19)29)11-18(21)33-17-9-3-5-13-6-4-10-24-20(13)17/h1-12,27-28H,(H2,25,26,29,30). The van der Waals surface area contributed by atoms with Crippen molar-refractivity contribution in [2.45, 2.75) is 14.7 Å². The van der Waals surface area contributed by atoms with Crippen molar-refractivity contribution < 1.29 is 13.5 Å². The maximum Gasteiger partial charge on any atom is 0.325 e. The monoisotopic (exact) mass is 492 g/mol. The van der Waals surface area contributed by atoms with Crippen molar-refractivity contribution in [3.05, 3.63) is 93.9 Å². The molecule has 0 atom stereocenters. The first kappa shape index (κ1) is 21.7. The number of anilines is 1. The first-order chi connectivity index (χ1) is 16.3. The maximum atomic E-state index is 13.0. The van der Waals surface area contributed by atoms with E-state index in [1.54, 1.807) is 30.5 Å². The molecule has 0 aliphatic carbocycles. The van der Waals surface area contributed by atoms with Crippen LogP contribution in [0.4, 0.5) is 5.69 Å². The van der Waals surface area contributed by atoms with E-state index in [0.29, 0.717) is 15.7 Å². The number of sulfonamides is 1. The molecule has 0 bridgehead atoms. The number of para-hydroxylation sites is 1. The summed E-state index contributed by atoms with van der Waals surface area (Å²) in [5, 5.41) is 12.8. The van der Waals surface area contributed by atoms with Crippen LogP contribution < -0.4 is 16.0 Å². The van der Waals surface area contributed by atoms with Gasteiger partial charge in [-0.05, 0) is 18.2 Å². The fraction of sp³-hybridized carbons (Fsp3) is 0. The number of aromatic amines is 2. The molecule has 11 heteroatoms. The highest BCUT2D eigenvalue weighted by atomic mass is 32.2. The Hall–Kier alpha value is -4.09. The summed E-state index contributed by atoms with van der Waals surface area (Å²) in [4.78, 5) is 32.4. The first-order valence-electron chi connectivity index (χ1n) is 9.94. The number of hydrogen-bond acceptors (Lipinski definition) is 7. The van der Waals surface area contributed by atoms with E-state index >= 15 is 0 Å². The third-order valence-electron chi connectivity index (χ3n) is 5.12. The maximum absolute atomic E-state index is 13.0. The van der Waals surface area contributed by atoms with Gasteiger partial charge >= 0.3 is 5.69 Å². The van der Waals surface area contributed by atoms with Gasteiger partial charge in [0.1, 0.15) is 5.75 Å². The molecule has 0 aliphatic rings. The Morgan fingerprint density at radius 1 is 0.941 bits per heavy atom. The zero-order chi connectivity index (χ0) is 23.9. The van der Waals surface area contributed by atoms with E-state index in [4.69, 9.17) is 0 Å². The molecule has 0 saturated heterocycles. The molecule has 2 aromatic heterocycles. The number of benzene rings is 3. The Morgan fingerprint density at radius 3 is 2.50 bits per heavy atom. The fourth-order valence-corrected chi connectivity index (χ4v) is 5.68. The van der Waals surface area contributed by atoms with Gasteiger partial charge in [-0.15, -0.1) is 0 Å². The van der Waals surface area contributed by atoms with Crippen LogP contribution in [0.2, 0.25) is 0 Å². The van der Waals surface area contributed by atoms with Crippen LogP contribution in [-0.2, 0) is 10.0 Å². The van der Waals surface area contributed by atoms with Crippen molar-refractivity contribution in [2.75, 3.05) is 4.72 Å². The van der Waals surface area contributed by atoms with Crippen LogP contribution in [0.3, 0.4) is 0 Å². The number of fused-ring (bicyclic) bond motifs is 2. The lowest BCUT2D eigenvalue weighted by Gasteiger charge is -2.15. The molecule has 34 heavy (non-hydrogen) atoms. The zero-order valence-corrected chi connectivity index (χ0v) is 18.9. The van der Waals surface area contributed by atoms with Crippen LogP contribution in [0, 0.1) is 0 Å². The van der Waals surface area contributed by atoms with E-state index in [0.717, 1.165) is 22.0 Å². The van der Waals surface area contributed by atoms with Crippen LogP contribution >= 0.6 is 11.8 Å². The highest BCUT2D eigenvalue weighted by Gasteiger charge is 2.22. The summed E-state index contributed by atoms with van der Waals surface area (Å²) in [6.07, 6.45) is 2.51. The number of aromatic hydroxyl groups is 1. The van der Waals surface area contributed by atoms with Gasteiger partial charge in [0.2, 0.25) is 0 Å². The van der Waals surface area contributed by atoms with E-state index in [1.807, 2.05) is 35.3 Å². The van der Waals surface area contributed by atoms with Gasteiger partial charge in [0.05, 0.1) is 16.1 Å². The topological polar surface area (TPSA) is 145 Å². The summed E-state index contributed by atoms with van der Waals surface area (Å²) < 4.78 is 28.4. The lowest BCUT2D eigenvalue weighted by molar-refractivity contribution is 0.469. The number of phenols is 1. The summed E-state index contributed by atoms with van der Waals surface area (Å²) in [5.41, 5.74) is -0.962. The number of pyridine rings is 1. The van der Waals surface area contributed by atoms with E-state index in [9.17, 15) is 23.1 Å². The number of aromatic nitrogens is 3. The summed E-state index contributed by atoms with van der Waals surface area (Å²) in [7, 11) is -4.36. The zero-order valence-electron chi connectivity index (χ0n) is 17.3. The molecule has 9 nitrogen and oxygen atoms in total. The molecule has 2 heterocycles. The highest BCUT2D eigenvalue weighted by molar-refractivity contribution is 7.99. The summed E-state index contributed by atoms with van der Waals surface area (Å²) in [6, 6.07) is 17.7. The molecular weight excluding hydrogens is 476 g/mol. The van der Waals surface area contributed by atoms with E-state index in [1.165, 1.54) is 17.8 Å². The number of rotatable bonds is 5. The molecule has 4 N–H and O–H groups in total. The van der Waals surface area contributed by atoms with Gasteiger partial charge in [-0.3, -0.25) is 19.5 Å². The Morgan fingerprint density at radius 2 is 1.71 bits per heavy atom. The second kappa shape index (κ2) is 8.36. The summed E-state index contributed by atoms with van der Waals surface area (Å²) >= 11 is 1.24. The molecule has 0 amide bonds. The molecular formula is C23H16N4O5S2. The number of H-pyrrole nitrogens is 2. The molecule has 0 spiro atoms. The average Bonchev–Trinajstić information content (AvgIpc) is 2.82. The van der Waals surface area contributed by atoms with Gasteiger partial charge in [0.25, 0.3) is 15.6 Å². The van der Waals surface area contributed by atoms with Gasteiger partial charge in [-0.2, -0.15) is 0 Å². The number of nitrogens with zero attached hydrogens (tertiary/aromatic N) is 1. The second-order valence-electron chi connectivity index (χ2n) is 7.29. The predicted octanol–water partition coefficient (Wildman–Crippen LogP) is 3.42. The minimum Gasteiger partial charge on any atom is -0.506 e. The average molecular weight is 493 g/mol. The fourth-order valence-electron chi connectivity index (χ4n) is 3.57. The van der Waals surface area contributed by atoms with E-state index in [-0.39, 0.29) is 11.4 Å². The van der Waals surface area contributed by atoms with Crippen LogP contribution in [0.25, 0.3) is 21.7 Å². The third-order valence-corrected chi connectivity index (χ3v) is 7.57. The Balaban J connectivity index is 1.65. The Bertz CT molecular complexity index is 1790. The smallest absolute Gasteiger partial charge is 0.325 e. The predicted molar refractivity (Wildman–Crippen MR) is 130 cm³/mol. The Kier molecular flexibility index (Phi) is 5.34. The lowest BCUT2D eigenvalue weighted by Crippen LogP contribution is -2.29. The molecule has 0 unspecified atom stereocenters. The molecule has 0 radical (unpaired) electrons. The van der Waals surface area contributed by atoms with Gasteiger partial charge < -0.3 is 10.1 Å². The van der Waals surface area contributed by atoms with Crippen LogP contribution in [0.15, 0.2) is 97.3 Å². The molecule has 3 aromatic carbocycles. The van der Waals surface area contributed by atoms with Crippen LogP contribution in [0.1, 0.15) is 0 Å². The van der Waals surface area contributed by atoms with Crippen LogP contribution in [0.5, 0.6) is 5.75 Å². The highest BCUT2D eigenvalue weighted by Crippen LogP contribution is 2.44. The molecule has 5 aromatic rings. The molecule has 170 valence electrons. The minimum atomic E-state index is -4.36. The number of nitrogens with one attached hydrogen (secondary N) is 3. The molecule has 5 rings (SSSR count). The van der Waals surface area contributed by atoms with Crippen molar-refractivity contribution in [2.24, 2.45) is 0 Å². The SMILES string of the molecule is O=c1[nH]cc(S(=O)(=O)Nc2cc(Sc3cccc4cccnc34)c(O)c3ccccc23)c(=O)[nH]1. The van der Waals surface area contributed by atoms with Crippen molar-refractivity contribution in [3.8, 4) is 5.75 Å². The van der Waals surface area contributed by atoms with Gasteiger partial charge in [0.15, 0.2) is 4.90 Å². The van der Waals surface area contributed by atoms with Crippen molar-refractivity contribution in [3.63, 3.8) is 0 Å². The summed E-state index contributed by atoms with van der Waals surface area (Å²) in [5.74, 6) is -0.0154. The van der Waals surface area contributed by atoms with E-state index < -0.39 is 26.2 Å². The van der Waals surface area contributed by atoms with Crippen molar-refractivity contribution >= 4 is 49.1 Å². The van der Waals surface area contributed by atoms with Crippen molar-refractivity contribution in [1.29, 1.82) is 0 Å². The minimum absolute atomic E-state index is 0.0154. The van der Waals surface area contributed by atoms with Crippen LogP contribution in [-0.4, -0.2) is 28.5 Å². The second-order valence-corrected chi connectivity index (χ2v) is 10.0. The van der Waals surface area contributed by atoms with Gasteiger partial charge in [-0.25, -0.2) is 13.2 Å². The first-order valence-corrected chi connectivity index (χ1v) is 12.2. The van der Waals surface area contributed by atoms with Gasteiger partial charge in [0, 0.05) is 33.4 Å². The largest absolute Gasteiger partial charge is 0.506 e. The third kappa shape index (κ3) is 3.91. The normalized spacial score (nSPS) is 11.6. The molecule has 0 fully saturated rings. The lowest BCUT2D eigenvalue weighted by atomic mass is 10.1. The van der Waals surface area contributed by atoms with E-state index in [2.05, 4.69) is 14.7 Å². The molecule has 0 saturated carbocycles. The summed E-state index contributed by atoms with van der Waals surface area (Å²) in [6.45, 7) is 0. The quantitative estimate of drug-likeness (QED) is 0.275. The number of hydrogen-bond donors (Lipinski definition) is 4. The molecule has 0 aliphatic heterocycles. The van der Waals surface area contributed by atoms with Gasteiger partial charge in [-0.1, -0.05) is 54.2 Å². The number of phenolic OH excluding ortho intramolecular Hbond substituents is 1.